The molecule has 0 saturated carbocycles. The molecule has 0 aliphatic heterocycles. The molecule has 25 heavy (non-hydrogen) atoms. The molecule has 0 aliphatic carbocycles. The van der Waals surface area contributed by atoms with E-state index in [1.807, 2.05) is 18.2 Å². The van der Waals surface area contributed by atoms with Gasteiger partial charge in [-0.1, -0.05) is 104 Å². The first kappa shape index (κ1) is 22.6. The molecular formula is C20H29Cl3O2. The number of carboxylic acid groups (broad SMARTS) is 1. The van der Waals surface area contributed by atoms with E-state index in [0.29, 0.717) is 6.42 Å². The van der Waals surface area contributed by atoms with Crippen LogP contribution < -0.4 is 0 Å². The van der Waals surface area contributed by atoms with Crippen LogP contribution in [0, 0.1) is 0 Å². The van der Waals surface area contributed by atoms with E-state index in [1.54, 1.807) is 0 Å². The van der Waals surface area contributed by atoms with Crippen molar-refractivity contribution >= 4 is 40.8 Å². The fourth-order valence-corrected chi connectivity index (χ4v) is 3.38. The van der Waals surface area contributed by atoms with Gasteiger partial charge in [-0.05, 0) is 37.3 Å². The number of aryl methyl sites for hydroxylation is 1. The first-order chi connectivity index (χ1) is 11.9. The summed E-state index contributed by atoms with van der Waals surface area (Å²) >= 11 is 17.6. The van der Waals surface area contributed by atoms with E-state index in [0.717, 1.165) is 30.7 Å². The molecule has 142 valence electrons. The van der Waals surface area contributed by atoms with Gasteiger partial charge in [-0.25, -0.2) is 4.79 Å². The molecule has 0 aliphatic rings. The summed E-state index contributed by atoms with van der Waals surface area (Å²) in [4.78, 5) is 10.8. The first-order valence-electron chi connectivity index (χ1n) is 9.28. The first-order valence-corrected chi connectivity index (χ1v) is 10.4. The quantitative estimate of drug-likeness (QED) is 0.257. The molecule has 0 amide bonds. The average Bonchev–Trinajstić information content (AvgIpc) is 2.57. The minimum atomic E-state index is -1.62. The van der Waals surface area contributed by atoms with E-state index in [2.05, 4.69) is 6.07 Å². The average molecular weight is 408 g/mol. The maximum Gasteiger partial charge on any atom is 0.340 e. The van der Waals surface area contributed by atoms with Crippen LogP contribution in [-0.2, 0) is 11.2 Å². The molecular weight excluding hydrogens is 379 g/mol. The van der Waals surface area contributed by atoms with Crippen LogP contribution in [0.3, 0.4) is 0 Å². The van der Waals surface area contributed by atoms with Crippen molar-refractivity contribution in [3.8, 4) is 0 Å². The minimum Gasteiger partial charge on any atom is -0.479 e. The van der Waals surface area contributed by atoms with Crippen LogP contribution in [0.5, 0.6) is 0 Å². The highest BCUT2D eigenvalue weighted by atomic mass is 35.5. The Morgan fingerprint density at radius 3 is 1.84 bits per heavy atom. The van der Waals surface area contributed by atoms with Crippen molar-refractivity contribution in [3.05, 3.63) is 34.9 Å². The number of rotatable bonds is 14. The lowest BCUT2D eigenvalue weighted by Gasteiger charge is -2.13. The third-order valence-corrected chi connectivity index (χ3v) is 5.53. The summed E-state index contributed by atoms with van der Waals surface area (Å²) in [6.45, 7) is 0. The number of aliphatic carboxylic acids is 1. The third kappa shape index (κ3) is 10.3. The Labute approximate surface area is 166 Å². The van der Waals surface area contributed by atoms with Crippen molar-refractivity contribution in [2.24, 2.45) is 0 Å². The summed E-state index contributed by atoms with van der Waals surface area (Å²) in [6, 6.07) is 8.08. The van der Waals surface area contributed by atoms with Crippen LogP contribution in [0.4, 0.5) is 0 Å². The van der Waals surface area contributed by atoms with Crippen molar-refractivity contribution in [2.45, 2.75) is 81.4 Å². The Kier molecular flexibility index (Phi) is 11.6. The molecule has 0 heterocycles. The largest absolute Gasteiger partial charge is 0.479 e. The molecule has 2 nitrogen and oxygen atoms in total. The monoisotopic (exact) mass is 406 g/mol. The number of unbranched alkanes of at least 4 members (excludes halogenated alkanes) is 9. The van der Waals surface area contributed by atoms with E-state index < -0.39 is 10.3 Å². The smallest absolute Gasteiger partial charge is 0.340 e. The summed E-state index contributed by atoms with van der Waals surface area (Å²) < 4.78 is -1.62. The Balaban J connectivity index is 1.88. The SMILES string of the molecule is O=C(O)C(Cl)(Cl)CCCCCCCCCCCCc1ccccc1Cl. The number of alkyl halides is 2. The van der Waals surface area contributed by atoms with Crippen molar-refractivity contribution in [3.63, 3.8) is 0 Å². The molecule has 0 fully saturated rings. The highest BCUT2D eigenvalue weighted by molar-refractivity contribution is 6.57. The lowest BCUT2D eigenvalue weighted by atomic mass is 10.0. The van der Waals surface area contributed by atoms with Crippen LogP contribution in [0.2, 0.25) is 5.02 Å². The molecule has 1 rings (SSSR count). The summed E-state index contributed by atoms with van der Waals surface area (Å²) in [7, 11) is 0. The van der Waals surface area contributed by atoms with Crippen molar-refractivity contribution in [2.75, 3.05) is 0 Å². The van der Waals surface area contributed by atoms with Crippen molar-refractivity contribution < 1.29 is 9.90 Å². The third-order valence-electron chi connectivity index (χ3n) is 4.46. The Hall–Kier alpha value is -0.440. The Morgan fingerprint density at radius 2 is 1.32 bits per heavy atom. The van der Waals surface area contributed by atoms with Gasteiger partial charge >= 0.3 is 5.97 Å². The standard InChI is InChI=1S/C20H29Cl3O2/c21-18-15-11-10-14-17(18)13-9-7-5-3-1-2-4-6-8-12-16-20(22,23)19(24)25/h10-11,14-15H,1-9,12-13,16H2,(H,24,25). The number of benzene rings is 1. The highest BCUT2D eigenvalue weighted by Crippen LogP contribution is 2.28. The number of halogens is 3. The van der Waals surface area contributed by atoms with E-state index >= 15 is 0 Å². The summed E-state index contributed by atoms with van der Waals surface area (Å²) in [6.07, 6.45) is 13.0. The number of hydrogen-bond donors (Lipinski definition) is 1. The van der Waals surface area contributed by atoms with Crippen LogP contribution in [0.25, 0.3) is 0 Å². The van der Waals surface area contributed by atoms with Gasteiger partial charge in [-0.2, -0.15) is 0 Å². The van der Waals surface area contributed by atoms with Crippen molar-refractivity contribution in [1.82, 2.24) is 0 Å². The van der Waals surface area contributed by atoms with Gasteiger partial charge in [0.25, 0.3) is 0 Å². The second-order valence-electron chi connectivity index (χ2n) is 6.64. The number of carboxylic acids is 1. The second-order valence-corrected chi connectivity index (χ2v) is 8.53. The van der Waals surface area contributed by atoms with Gasteiger partial charge in [-0.3, -0.25) is 0 Å². The topological polar surface area (TPSA) is 37.3 Å². The molecule has 0 bridgehead atoms. The zero-order valence-corrected chi connectivity index (χ0v) is 17.1. The van der Waals surface area contributed by atoms with Crippen LogP contribution in [0.15, 0.2) is 24.3 Å². The summed E-state index contributed by atoms with van der Waals surface area (Å²) in [5.74, 6) is -1.15. The number of hydrogen-bond acceptors (Lipinski definition) is 1. The highest BCUT2D eigenvalue weighted by Gasteiger charge is 2.32. The van der Waals surface area contributed by atoms with Crippen LogP contribution >= 0.6 is 34.8 Å². The number of carbonyl (C=O) groups is 1. The summed E-state index contributed by atoms with van der Waals surface area (Å²) in [5, 5.41) is 9.69. The predicted octanol–water partition coefficient (Wildman–Crippen LogP) is 7.43. The van der Waals surface area contributed by atoms with Gasteiger partial charge in [0.05, 0.1) is 0 Å². The van der Waals surface area contributed by atoms with E-state index in [9.17, 15) is 4.79 Å². The van der Waals surface area contributed by atoms with Gasteiger partial charge in [0.15, 0.2) is 0 Å². The van der Waals surface area contributed by atoms with E-state index in [1.165, 1.54) is 50.5 Å². The van der Waals surface area contributed by atoms with Crippen LogP contribution in [-0.4, -0.2) is 15.4 Å². The molecule has 1 aromatic carbocycles. The normalized spacial score (nSPS) is 11.6. The lowest BCUT2D eigenvalue weighted by Crippen LogP contribution is -2.25. The van der Waals surface area contributed by atoms with E-state index in [-0.39, 0.29) is 0 Å². The molecule has 1 N–H and O–H groups in total. The minimum absolute atomic E-state index is 0.316. The molecule has 0 radical (unpaired) electrons. The Bertz CT molecular complexity index is 503. The molecule has 0 unspecified atom stereocenters. The molecule has 5 heteroatoms. The molecule has 0 aromatic heterocycles. The molecule has 1 aromatic rings. The van der Waals surface area contributed by atoms with Gasteiger partial charge in [0.1, 0.15) is 0 Å². The van der Waals surface area contributed by atoms with Gasteiger partial charge in [0, 0.05) is 5.02 Å². The van der Waals surface area contributed by atoms with Gasteiger partial charge < -0.3 is 5.11 Å². The Morgan fingerprint density at radius 1 is 0.840 bits per heavy atom. The van der Waals surface area contributed by atoms with Gasteiger partial charge in [-0.15, -0.1) is 0 Å². The maximum absolute atomic E-state index is 10.8. The molecule has 0 saturated heterocycles. The lowest BCUT2D eigenvalue weighted by molar-refractivity contribution is -0.138. The second kappa shape index (κ2) is 12.8. The van der Waals surface area contributed by atoms with Crippen LogP contribution in [0.1, 0.15) is 76.2 Å². The van der Waals surface area contributed by atoms with Crippen molar-refractivity contribution in [1.29, 1.82) is 0 Å². The van der Waals surface area contributed by atoms with E-state index in [4.69, 9.17) is 39.9 Å². The summed E-state index contributed by atoms with van der Waals surface area (Å²) in [5.41, 5.74) is 1.25. The fraction of sp³-hybridized carbons (Fsp3) is 0.650. The predicted molar refractivity (Wildman–Crippen MR) is 108 cm³/mol. The zero-order valence-electron chi connectivity index (χ0n) is 14.8. The molecule has 0 atom stereocenters. The molecule has 0 spiro atoms. The maximum atomic E-state index is 10.8. The zero-order chi connectivity index (χ0) is 18.5. The fourth-order valence-electron chi connectivity index (χ4n) is 2.88. The van der Waals surface area contributed by atoms with Gasteiger partial charge in [0.2, 0.25) is 4.33 Å².